The molecule has 5 heteroatoms. The largest absolute Gasteiger partial charge is 0.293 e. The van der Waals surface area contributed by atoms with Gasteiger partial charge in [-0.25, -0.2) is 9.29 Å². The van der Waals surface area contributed by atoms with E-state index in [0.717, 1.165) is 17.3 Å². The van der Waals surface area contributed by atoms with Crippen LogP contribution in [0.4, 0.5) is 14.9 Å². The van der Waals surface area contributed by atoms with Crippen molar-refractivity contribution in [1.29, 1.82) is 0 Å². The predicted molar refractivity (Wildman–Crippen MR) is 80.8 cm³/mol. The first-order valence-corrected chi connectivity index (χ1v) is 7.37. The summed E-state index contributed by atoms with van der Waals surface area (Å²) in [5.74, 6) is -0.535. The summed E-state index contributed by atoms with van der Waals surface area (Å²) >= 11 is 1.02. The zero-order chi connectivity index (χ0) is 14.8. The number of hydrogen-bond acceptors (Lipinski definition) is 3. The highest BCUT2D eigenvalue weighted by atomic mass is 32.2. The third-order valence-electron chi connectivity index (χ3n) is 3.27. The number of amides is 2. The van der Waals surface area contributed by atoms with Crippen LogP contribution in [0.1, 0.15) is 5.56 Å². The lowest BCUT2D eigenvalue weighted by Gasteiger charge is -2.13. The van der Waals surface area contributed by atoms with Gasteiger partial charge >= 0.3 is 0 Å². The minimum Gasteiger partial charge on any atom is -0.273 e. The molecule has 0 aliphatic carbocycles. The summed E-state index contributed by atoms with van der Waals surface area (Å²) in [5, 5.41) is -0.721. The summed E-state index contributed by atoms with van der Waals surface area (Å²) < 4.78 is 12.9. The molecule has 0 aromatic heterocycles. The van der Waals surface area contributed by atoms with E-state index in [1.54, 1.807) is 36.4 Å². The fraction of sp³-hybridized carbons (Fsp3) is 0.125. The lowest BCUT2D eigenvalue weighted by Crippen LogP contribution is -2.32. The summed E-state index contributed by atoms with van der Waals surface area (Å²) in [7, 11) is 0. The molecule has 1 fully saturated rings. The van der Waals surface area contributed by atoms with Crippen LogP contribution in [0.25, 0.3) is 0 Å². The third-order valence-corrected chi connectivity index (χ3v) is 4.31. The molecule has 2 amide bonds. The highest BCUT2D eigenvalue weighted by Gasteiger charge is 2.40. The van der Waals surface area contributed by atoms with Crippen molar-refractivity contribution in [3.63, 3.8) is 0 Å². The van der Waals surface area contributed by atoms with Crippen LogP contribution < -0.4 is 4.90 Å². The standard InChI is InChI=1S/C16H12FNO2S/c17-12-8-6-11(7-9-12)10-14-15(19)18(16(20)21-14)13-4-2-1-3-5-13/h1-9,14H,10H2. The summed E-state index contributed by atoms with van der Waals surface area (Å²) in [6.07, 6.45) is 0.416. The van der Waals surface area contributed by atoms with Crippen molar-refractivity contribution in [3.05, 3.63) is 66.0 Å². The molecule has 0 saturated carbocycles. The molecule has 1 aliphatic rings. The van der Waals surface area contributed by atoms with E-state index < -0.39 is 5.25 Å². The van der Waals surface area contributed by atoms with Crippen LogP contribution in [-0.4, -0.2) is 16.4 Å². The first-order chi connectivity index (χ1) is 10.1. The van der Waals surface area contributed by atoms with E-state index in [1.165, 1.54) is 17.0 Å². The van der Waals surface area contributed by atoms with Crippen molar-refractivity contribution in [2.75, 3.05) is 4.90 Å². The Hall–Kier alpha value is -2.14. The molecule has 2 aromatic carbocycles. The molecule has 3 nitrogen and oxygen atoms in total. The average Bonchev–Trinajstić information content (AvgIpc) is 2.77. The monoisotopic (exact) mass is 301 g/mol. The van der Waals surface area contributed by atoms with Crippen LogP contribution >= 0.6 is 11.8 Å². The Balaban J connectivity index is 1.79. The van der Waals surface area contributed by atoms with E-state index in [1.807, 2.05) is 6.07 Å². The van der Waals surface area contributed by atoms with Gasteiger partial charge in [-0.1, -0.05) is 42.1 Å². The van der Waals surface area contributed by atoms with Gasteiger partial charge in [0.15, 0.2) is 0 Å². The second-order valence-corrected chi connectivity index (χ2v) is 5.87. The molecule has 106 valence electrons. The number of hydrogen-bond donors (Lipinski definition) is 0. The molecule has 21 heavy (non-hydrogen) atoms. The number of halogens is 1. The lowest BCUT2D eigenvalue weighted by molar-refractivity contribution is -0.117. The van der Waals surface area contributed by atoms with Gasteiger partial charge in [0.2, 0.25) is 5.91 Å². The second kappa shape index (κ2) is 5.69. The summed E-state index contributed by atoms with van der Waals surface area (Å²) in [5.41, 5.74) is 1.42. The van der Waals surface area contributed by atoms with E-state index in [4.69, 9.17) is 0 Å². The van der Waals surface area contributed by atoms with Gasteiger partial charge < -0.3 is 0 Å². The predicted octanol–water partition coefficient (Wildman–Crippen LogP) is 3.64. The number of benzene rings is 2. The molecule has 1 heterocycles. The van der Waals surface area contributed by atoms with E-state index in [2.05, 4.69) is 0 Å². The van der Waals surface area contributed by atoms with Gasteiger partial charge in [-0.05, 0) is 36.2 Å². The van der Waals surface area contributed by atoms with Crippen LogP contribution in [0.15, 0.2) is 54.6 Å². The van der Waals surface area contributed by atoms with E-state index in [-0.39, 0.29) is 17.0 Å². The molecule has 0 spiro atoms. The highest BCUT2D eigenvalue weighted by Crippen LogP contribution is 2.33. The van der Waals surface area contributed by atoms with E-state index in [0.29, 0.717) is 12.1 Å². The summed E-state index contributed by atoms with van der Waals surface area (Å²) in [6, 6.07) is 14.9. The number of imide groups is 1. The number of nitrogens with zero attached hydrogens (tertiary/aromatic N) is 1. The minimum atomic E-state index is -0.455. The summed E-state index contributed by atoms with van der Waals surface area (Å²) in [6.45, 7) is 0. The molecular weight excluding hydrogens is 289 g/mol. The van der Waals surface area contributed by atoms with Crippen molar-refractivity contribution in [2.45, 2.75) is 11.7 Å². The van der Waals surface area contributed by atoms with Crippen molar-refractivity contribution in [2.24, 2.45) is 0 Å². The maximum Gasteiger partial charge on any atom is 0.293 e. The number of para-hydroxylation sites is 1. The minimum absolute atomic E-state index is 0.222. The molecular formula is C16H12FNO2S. The molecule has 1 aliphatic heterocycles. The van der Waals surface area contributed by atoms with Gasteiger partial charge in [0.05, 0.1) is 10.9 Å². The quantitative estimate of drug-likeness (QED) is 0.868. The third kappa shape index (κ3) is 2.83. The summed E-state index contributed by atoms with van der Waals surface area (Å²) in [4.78, 5) is 25.7. The van der Waals surface area contributed by atoms with Crippen LogP contribution in [0.5, 0.6) is 0 Å². The zero-order valence-electron chi connectivity index (χ0n) is 11.0. The molecule has 0 bridgehead atoms. The highest BCUT2D eigenvalue weighted by molar-refractivity contribution is 8.15. The Morgan fingerprint density at radius 3 is 2.33 bits per heavy atom. The second-order valence-electron chi connectivity index (χ2n) is 4.71. The van der Waals surface area contributed by atoms with Crippen molar-refractivity contribution >= 4 is 28.6 Å². The number of thioether (sulfide) groups is 1. The number of carbonyl (C=O) groups is 2. The SMILES string of the molecule is O=C1SC(Cc2ccc(F)cc2)C(=O)N1c1ccccc1. The van der Waals surface area contributed by atoms with Gasteiger partial charge in [0.1, 0.15) is 5.82 Å². The average molecular weight is 301 g/mol. The zero-order valence-corrected chi connectivity index (χ0v) is 11.8. The molecule has 2 aromatic rings. The molecule has 3 rings (SSSR count). The maximum atomic E-state index is 12.9. The van der Waals surface area contributed by atoms with Gasteiger partial charge in [-0.15, -0.1) is 0 Å². The Labute approximate surface area is 125 Å². The molecule has 1 saturated heterocycles. The van der Waals surface area contributed by atoms with E-state index >= 15 is 0 Å². The van der Waals surface area contributed by atoms with Gasteiger partial charge in [-0.3, -0.25) is 9.59 Å². The Kier molecular flexibility index (Phi) is 3.75. The first kappa shape index (κ1) is 13.8. The fourth-order valence-corrected chi connectivity index (χ4v) is 3.26. The van der Waals surface area contributed by atoms with Crippen LogP contribution in [0, 0.1) is 5.82 Å². The number of rotatable bonds is 3. The van der Waals surface area contributed by atoms with Crippen molar-refractivity contribution < 1.29 is 14.0 Å². The van der Waals surface area contributed by atoms with Gasteiger partial charge in [0, 0.05) is 0 Å². The number of carbonyl (C=O) groups excluding carboxylic acids is 2. The molecule has 0 N–H and O–H groups in total. The topological polar surface area (TPSA) is 37.4 Å². The number of anilines is 1. The molecule has 1 unspecified atom stereocenters. The first-order valence-electron chi connectivity index (χ1n) is 6.49. The Bertz CT molecular complexity index is 672. The smallest absolute Gasteiger partial charge is 0.273 e. The maximum absolute atomic E-state index is 12.9. The fourth-order valence-electron chi connectivity index (χ4n) is 2.23. The molecule has 1 atom stereocenters. The van der Waals surface area contributed by atoms with Crippen LogP contribution in [-0.2, 0) is 11.2 Å². The Morgan fingerprint density at radius 1 is 1.00 bits per heavy atom. The van der Waals surface area contributed by atoms with Crippen molar-refractivity contribution in [1.82, 2.24) is 0 Å². The Morgan fingerprint density at radius 2 is 1.67 bits per heavy atom. The van der Waals surface area contributed by atoms with Crippen LogP contribution in [0.2, 0.25) is 0 Å². The van der Waals surface area contributed by atoms with Crippen molar-refractivity contribution in [3.8, 4) is 0 Å². The normalized spacial score (nSPS) is 18.3. The lowest BCUT2D eigenvalue weighted by atomic mass is 10.1. The van der Waals surface area contributed by atoms with Crippen LogP contribution in [0.3, 0.4) is 0 Å². The van der Waals surface area contributed by atoms with Gasteiger partial charge in [-0.2, -0.15) is 0 Å². The van der Waals surface area contributed by atoms with Gasteiger partial charge in [0.25, 0.3) is 5.24 Å². The molecule has 0 radical (unpaired) electrons. The van der Waals surface area contributed by atoms with E-state index in [9.17, 15) is 14.0 Å².